The standard InChI is InChI=1S/C29H30ClN3O2/c30-24-8-4-7-23(17-24)29(34)32-15-13-31(14-16-32)25-9-10-26-22-11-12-33(28(18-22)27(26)19-25)35-20-21-5-2-1-3-6-21/h1-10,17,19,22,28H,11-16,18,20H2. The number of rotatable bonds is 5. The Bertz CT molecular complexity index is 1210. The van der Waals surface area contributed by atoms with Gasteiger partial charge in [-0.1, -0.05) is 54.1 Å². The molecule has 0 saturated carbocycles. The van der Waals surface area contributed by atoms with Gasteiger partial charge in [-0.05, 0) is 65.8 Å². The first-order chi connectivity index (χ1) is 17.2. The molecule has 2 saturated heterocycles. The van der Waals surface area contributed by atoms with Gasteiger partial charge in [-0.3, -0.25) is 9.63 Å². The summed E-state index contributed by atoms with van der Waals surface area (Å²) in [6, 6.07) is 24.9. The molecule has 1 amide bonds. The highest BCUT2D eigenvalue weighted by molar-refractivity contribution is 6.30. The lowest BCUT2D eigenvalue weighted by atomic mass is 9.96. The molecule has 2 fully saturated rings. The van der Waals surface area contributed by atoms with Crippen molar-refractivity contribution in [1.82, 2.24) is 9.96 Å². The lowest BCUT2D eigenvalue weighted by Crippen LogP contribution is -2.48. The van der Waals surface area contributed by atoms with Crippen molar-refractivity contribution in [2.45, 2.75) is 31.4 Å². The van der Waals surface area contributed by atoms with E-state index in [1.807, 2.05) is 23.1 Å². The van der Waals surface area contributed by atoms with E-state index in [0.717, 1.165) is 32.5 Å². The molecule has 5 nitrogen and oxygen atoms in total. The van der Waals surface area contributed by atoms with Crippen LogP contribution in [0.1, 0.15) is 51.8 Å². The Labute approximate surface area is 211 Å². The number of fused-ring (bicyclic) bond motifs is 5. The SMILES string of the molecule is O=C(c1cccc(Cl)c1)N1CCN(c2ccc3c(c2)C2CC3CCN2OCc2ccccc2)CC1. The normalized spacial score (nSPS) is 21.7. The minimum absolute atomic E-state index is 0.0566. The molecule has 35 heavy (non-hydrogen) atoms. The molecule has 0 N–H and O–H groups in total. The molecule has 0 radical (unpaired) electrons. The average molecular weight is 488 g/mol. The van der Waals surface area contributed by atoms with Crippen molar-refractivity contribution in [3.05, 3.63) is 100 Å². The van der Waals surface area contributed by atoms with Gasteiger partial charge in [-0.2, -0.15) is 5.06 Å². The van der Waals surface area contributed by atoms with Crippen molar-refractivity contribution in [2.24, 2.45) is 0 Å². The summed E-state index contributed by atoms with van der Waals surface area (Å²) in [6.45, 7) is 4.65. The van der Waals surface area contributed by atoms with Crippen molar-refractivity contribution in [3.8, 4) is 0 Å². The first-order valence-electron chi connectivity index (χ1n) is 12.5. The topological polar surface area (TPSA) is 36.0 Å². The van der Waals surface area contributed by atoms with Crippen LogP contribution < -0.4 is 4.90 Å². The average Bonchev–Trinajstić information content (AvgIpc) is 3.20. The van der Waals surface area contributed by atoms with Gasteiger partial charge in [-0.25, -0.2) is 0 Å². The maximum Gasteiger partial charge on any atom is 0.254 e. The van der Waals surface area contributed by atoms with Gasteiger partial charge in [0.25, 0.3) is 5.91 Å². The van der Waals surface area contributed by atoms with Crippen molar-refractivity contribution >= 4 is 23.2 Å². The van der Waals surface area contributed by atoms with Crippen LogP contribution >= 0.6 is 11.6 Å². The highest BCUT2D eigenvalue weighted by Gasteiger charge is 2.40. The zero-order valence-corrected chi connectivity index (χ0v) is 20.5. The van der Waals surface area contributed by atoms with E-state index in [1.54, 1.807) is 12.1 Å². The molecule has 180 valence electrons. The summed E-state index contributed by atoms with van der Waals surface area (Å²) in [5.41, 5.74) is 6.00. The summed E-state index contributed by atoms with van der Waals surface area (Å²) in [5, 5.41) is 2.81. The minimum Gasteiger partial charge on any atom is -0.368 e. The number of piperidine rings is 1. The summed E-state index contributed by atoms with van der Waals surface area (Å²) in [4.78, 5) is 23.5. The Hall–Kier alpha value is -2.86. The Morgan fingerprint density at radius 3 is 2.51 bits per heavy atom. The fourth-order valence-corrected chi connectivity index (χ4v) is 5.98. The third-order valence-corrected chi connectivity index (χ3v) is 7.90. The summed E-state index contributed by atoms with van der Waals surface area (Å²) in [5.74, 6) is 0.689. The summed E-state index contributed by atoms with van der Waals surface area (Å²) < 4.78 is 0. The first kappa shape index (κ1) is 22.6. The van der Waals surface area contributed by atoms with Gasteiger partial charge in [-0.15, -0.1) is 0 Å². The highest BCUT2D eigenvalue weighted by Crippen LogP contribution is 2.50. The molecule has 2 heterocycles. The van der Waals surface area contributed by atoms with E-state index < -0.39 is 0 Å². The van der Waals surface area contributed by atoms with Crippen LogP contribution in [0.3, 0.4) is 0 Å². The first-order valence-corrected chi connectivity index (χ1v) is 12.9. The number of hydroxylamine groups is 2. The number of nitrogens with zero attached hydrogens (tertiary/aromatic N) is 3. The fraction of sp³-hybridized carbons (Fsp3) is 0.345. The summed E-state index contributed by atoms with van der Waals surface area (Å²) in [7, 11) is 0. The van der Waals surface area contributed by atoms with E-state index in [2.05, 4.69) is 52.4 Å². The minimum atomic E-state index is 0.0566. The largest absolute Gasteiger partial charge is 0.368 e. The van der Waals surface area contributed by atoms with Crippen molar-refractivity contribution in [1.29, 1.82) is 0 Å². The molecule has 2 atom stereocenters. The molecule has 2 bridgehead atoms. The van der Waals surface area contributed by atoms with Crippen LogP contribution in [-0.2, 0) is 11.4 Å². The molecule has 2 unspecified atom stereocenters. The van der Waals surface area contributed by atoms with Crippen LogP contribution in [0.2, 0.25) is 5.02 Å². The second-order valence-corrected chi connectivity index (χ2v) is 10.2. The van der Waals surface area contributed by atoms with Crippen LogP contribution in [0.4, 0.5) is 5.69 Å². The zero-order valence-electron chi connectivity index (χ0n) is 19.8. The maximum absolute atomic E-state index is 12.9. The lowest BCUT2D eigenvalue weighted by Gasteiger charge is -2.36. The van der Waals surface area contributed by atoms with Crippen LogP contribution in [0.15, 0.2) is 72.8 Å². The van der Waals surface area contributed by atoms with Gasteiger partial charge in [0.15, 0.2) is 0 Å². The Kier molecular flexibility index (Phi) is 6.23. The molecule has 2 aliphatic heterocycles. The zero-order chi connectivity index (χ0) is 23.8. The van der Waals surface area contributed by atoms with Crippen LogP contribution in [-0.4, -0.2) is 48.6 Å². The number of hydrogen-bond donors (Lipinski definition) is 0. The number of carbonyl (C=O) groups is 1. The molecule has 0 spiro atoms. The van der Waals surface area contributed by atoms with E-state index in [9.17, 15) is 4.79 Å². The van der Waals surface area contributed by atoms with Gasteiger partial charge < -0.3 is 9.80 Å². The predicted octanol–water partition coefficient (Wildman–Crippen LogP) is 5.67. The third kappa shape index (κ3) is 4.56. The second kappa shape index (κ2) is 9.65. The predicted molar refractivity (Wildman–Crippen MR) is 139 cm³/mol. The fourth-order valence-electron chi connectivity index (χ4n) is 5.79. The Morgan fingerprint density at radius 2 is 1.71 bits per heavy atom. The molecular formula is C29H30ClN3O2. The van der Waals surface area contributed by atoms with Gasteiger partial charge in [0.05, 0.1) is 12.6 Å². The quantitative estimate of drug-likeness (QED) is 0.464. The smallest absolute Gasteiger partial charge is 0.254 e. The van der Waals surface area contributed by atoms with E-state index in [-0.39, 0.29) is 5.91 Å². The number of piperazine rings is 1. The van der Waals surface area contributed by atoms with Crippen molar-refractivity contribution < 1.29 is 9.63 Å². The monoisotopic (exact) mass is 487 g/mol. The molecule has 3 aliphatic rings. The van der Waals surface area contributed by atoms with Crippen molar-refractivity contribution in [3.63, 3.8) is 0 Å². The molecule has 6 rings (SSSR count). The molecular weight excluding hydrogens is 458 g/mol. The number of amides is 1. The molecule has 1 aliphatic carbocycles. The van der Waals surface area contributed by atoms with E-state index in [4.69, 9.17) is 16.4 Å². The number of hydrogen-bond acceptors (Lipinski definition) is 4. The maximum atomic E-state index is 12.9. The molecule has 0 aromatic heterocycles. The van der Waals surface area contributed by atoms with Crippen LogP contribution in [0.5, 0.6) is 0 Å². The Morgan fingerprint density at radius 1 is 0.886 bits per heavy atom. The van der Waals surface area contributed by atoms with Crippen LogP contribution in [0.25, 0.3) is 0 Å². The van der Waals surface area contributed by atoms with Gasteiger partial charge in [0.1, 0.15) is 0 Å². The number of halogens is 1. The van der Waals surface area contributed by atoms with Crippen molar-refractivity contribution in [2.75, 3.05) is 37.6 Å². The highest BCUT2D eigenvalue weighted by atomic mass is 35.5. The summed E-state index contributed by atoms with van der Waals surface area (Å²) >= 11 is 6.09. The molecule has 6 heteroatoms. The van der Waals surface area contributed by atoms with E-state index in [0.29, 0.717) is 42.2 Å². The molecule has 3 aromatic rings. The third-order valence-electron chi connectivity index (χ3n) is 7.67. The molecule has 3 aromatic carbocycles. The second-order valence-electron chi connectivity index (χ2n) is 9.74. The Balaban J connectivity index is 1.13. The van der Waals surface area contributed by atoms with Crippen LogP contribution in [0, 0.1) is 0 Å². The number of benzene rings is 3. The lowest BCUT2D eigenvalue weighted by molar-refractivity contribution is -0.207. The summed E-state index contributed by atoms with van der Waals surface area (Å²) in [6.07, 6.45) is 2.28. The van der Waals surface area contributed by atoms with Gasteiger partial charge in [0, 0.05) is 49.0 Å². The van der Waals surface area contributed by atoms with Gasteiger partial charge in [0.2, 0.25) is 0 Å². The van der Waals surface area contributed by atoms with E-state index >= 15 is 0 Å². The number of anilines is 1. The number of carbonyl (C=O) groups excluding carboxylic acids is 1. The van der Waals surface area contributed by atoms with Gasteiger partial charge >= 0.3 is 0 Å². The van der Waals surface area contributed by atoms with E-state index in [1.165, 1.54) is 22.4 Å².